The van der Waals surface area contributed by atoms with Gasteiger partial charge in [-0.3, -0.25) is 4.90 Å². The second kappa shape index (κ2) is 14.2. The molecule has 0 amide bonds. The van der Waals surface area contributed by atoms with Gasteiger partial charge in [0.25, 0.3) is 0 Å². The molecule has 0 radical (unpaired) electrons. The van der Waals surface area contributed by atoms with E-state index in [9.17, 15) is 4.79 Å². The highest BCUT2D eigenvalue weighted by atomic mass is 19.1. The van der Waals surface area contributed by atoms with Crippen LogP contribution in [0, 0.1) is 11.6 Å². The summed E-state index contributed by atoms with van der Waals surface area (Å²) in [5.74, 6) is -1.75. The van der Waals surface area contributed by atoms with Gasteiger partial charge in [-0.1, -0.05) is 24.3 Å². The lowest BCUT2D eigenvalue weighted by atomic mass is 9.84. The molecule has 0 spiro atoms. The summed E-state index contributed by atoms with van der Waals surface area (Å²) in [6.45, 7) is 5.58. The largest absolute Gasteiger partial charge is 0.491 e. The Morgan fingerprint density at radius 1 is 0.977 bits per heavy atom. The molecule has 2 aliphatic carbocycles. The van der Waals surface area contributed by atoms with Gasteiger partial charge in [-0.2, -0.15) is 0 Å². The Labute approximate surface area is 250 Å². The number of fused-ring (bicyclic) bond motifs is 2. The lowest BCUT2D eigenvalue weighted by molar-refractivity contribution is -0.149. The van der Waals surface area contributed by atoms with Crippen molar-refractivity contribution in [2.75, 3.05) is 59.4 Å². The third-order valence-electron chi connectivity index (χ3n) is 8.19. The third kappa shape index (κ3) is 7.78. The summed E-state index contributed by atoms with van der Waals surface area (Å²) in [4.78, 5) is 13.1. The number of benzene rings is 2. The van der Waals surface area contributed by atoms with Crippen LogP contribution in [0.5, 0.6) is 5.75 Å². The molecule has 5 rings (SSSR count). The van der Waals surface area contributed by atoms with E-state index in [-0.39, 0.29) is 50.3 Å². The summed E-state index contributed by atoms with van der Waals surface area (Å²) in [5.41, 5.74) is 3.00. The average Bonchev–Trinajstić information content (AvgIpc) is 3.59. The van der Waals surface area contributed by atoms with Crippen LogP contribution < -0.4 is 4.74 Å². The van der Waals surface area contributed by atoms with Crippen LogP contribution in [0.4, 0.5) is 13.2 Å². The fourth-order valence-electron chi connectivity index (χ4n) is 5.95. The Balaban J connectivity index is 1.16. The van der Waals surface area contributed by atoms with E-state index < -0.39 is 29.3 Å². The highest BCUT2D eigenvalue weighted by Crippen LogP contribution is 2.52. The average molecular weight is 604 g/mol. The monoisotopic (exact) mass is 603 g/mol. The molecule has 0 aromatic heterocycles. The van der Waals surface area contributed by atoms with Gasteiger partial charge in [-0.25, -0.2) is 18.0 Å². The Kier molecular flexibility index (Phi) is 10.4. The zero-order valence-electron chi connectivity index (χ0n) is 24.8. The molecule has 1 heterocycles. The number of hydrogen-bond donors (Lipinski definition) is 0. The van der Waals surface area contributed by atoms with Gasteiger partial charge in [0, 0.05) is 30.3 Å². The molecular weight excluding hydrogens is 563 g/mol. The quantitative estimate of drug-likeness (QED) is 0.183. The zero-order chi connectivity index (χ0) is 30.4. The Morgan fingerprint density at radius 3 is 2.30 bits per heavy atom. The molecule has 1 aliphatic heterocycles. The van der Waals surface area contributed by atoms with E-state index in [2.05, 4.69) is 12.1 Å². The van der Waals surface area contributed by atoms with Crippen LogP contribution in [-0.4, -0.2) is 82.0 Å². The van der Waals surface area contributed by atoms with E-state index in [1.54, 1.807) is 6.92 Å². The molecule has 2 aromatic carbocycles. The summed E-state index contributed by atoms with van der Waals surface area (Å²) < 4.78 is 72.9. The van der Waals surface area contributed by atoms with Gasteiger partial charge in [-0.15, -0.1) is 0 Å². The smallest absolute Gasteiger partial charge is 0.332 e. The van der Waals surface area contributed by atoms with E-state index in [1.807, 2.05) is 24.0 Å². The molecule has 0 saturated heterocycles. The number of ether oxygens (including phenoxy) is 5. The number of halogens is 3. The Morgan fingerprint density at radius 2 is 1.63 bits per heavy atom. The number of alkyl halides is 1. The number of carbonyl (C=O) groups is 1. The van der Waals surface area contributed by atoms with E-state index in [0.29, 0.717) is 45.7 Å². The third-order valence-corrected chi connectivity index (χ3v) is 8.19. The van der Waals surface area contributed by atoms with Gasteiger partial charge >= 0.3 is 5.97 Å². The molecule has 1 fully saturated rings. The first kappa shape index (κ1) is 31.5. The van der Waals surface area contributed by atoms with Crippen LogP contribution in [0.25, 0.3) is 5.57 Å². The lowest BCUT2D eigenvalue weighted by Crippen LogP contribution is -2.45. The highest BCUT2D eigenvalue weighted by Gasteiger charge is 2.49. The fraction of sp³-hybridized carbons (Fsp3) is 0.545. The minimum Gasteiger partial charge on any atom is -0.491 e. The highest BCUT2D eigenvalue weighted by molar-refractivity contribution is 5.79. The van der Waals surface area contributed by atoms with Crippen molar-refractivity contribution in [3.63, 3.8) is 0 Å². The number of nitrogens with zero attached hydrogens (tertiary/aromatic N) is 1. The number of rotatable bonds is 16. The molecule has 10 heteroatoms. The standard InChI is InChI=1S/C33H40F3NO6/c1-3-42-30(38)20-41-13-12-39-10-11-40-14-15-43-24-18-28(34)31(29(35)19-24)32-27-17-23-6-4-5-7-25(23)26(27)16-22(2)37(32)21-33(36)8-9-33/h4-7,18-19,22,32H,3,8-17,20-21H2,1-2H3/t22-,32+/m1/s1. The summed E-state index contributed by atoms with van der Waals surface area (Å²) >= 11 is 0. The molecule has 1 saturated carbocycles. The normalized spacial score (nSPS) is 20.6. The number of hydrogen-bond acceptors (Lipinski definition) is 7. The van der Waals surface area contributed by atoms with Gasteiger partial charge in [0.05, 0.1) is 45.7 Å². The van der Waals surface area contributed by atoms with Crippen LogP contribution in [0.2, 0.25) is 0 Å². The van der Waals surface area contributed by atoms with Crippen molar-refractivity contribution in [1.29, 1.82) is 0 Å². The predicted octanol–water partition coefficient (Wildman–Crippen LogP) is 5.60. The molecular formula is C33H40F3NO6. The molecule has 3 aliphatic rings. The maximum absolute atomic E-state index is 15.8. The predicted molar refractivity (Wildman–Crippen MR) is 155 cm³/mol. The number of carbonyl (C=O) groups excluding carboxylic acids is 1. The van der Waals surface area contributed by atoms with Crippen molar-refractivity contribution in [2.24, 2.45) is 0 Å². The molecule has 0 N–H and O–H groups in total. The fourth-order valence-corrected chi connectivity index (χ4v) is 5.95. The first-order valence-electron chi connectivity index (χ1n) is 15.0. The molecule has 0 unspecified atom stereocenters. The van der Waals surface area contributed by atoms with Crippen LogP contribution in [-0.2, 0) is 30.2 Å². The maximum atomic E-state index is 15.8. The van der Waals surface area contributed by atoms with Crippen molar-refractivity contribution in [3.05, 3.63) is 70.3 Å². The van der Waals surface area contributed by atoms with Crippen molar-refractivity contribution < 1.29 is 41.7 Å². The van der Waals surface area contributed by atoms with Crippen molar-refractivity contribution in [2.45, 2.75) is 57.3 Å². The van der Waals surface area contributed by atoms with Crippen molar-refractivity contribution >= 4 is 11.5 Å². The van der Waals surface area contributed by atoms with Gasteiger partial charge in [0.2, 0.25) is 0 Å². The van der Waals surface area contributed by atoms with Crippen LogP contribution in [0.15, 0.2) is 42.0 Å². The van der Waals surface area contributed by atoms with Gasteiger partial charge in [-0.05, 0) is 61.8 Å². The summed E-state index contributed by atoms with van der Waals surface area (Å²) in [6.07, 6.45) is 2.27. The SMILES string of the molecule is CCOC(=O)COCCOCCOCCOc1cc(F)c([C@@H]2C3=C(C[C@@H](C)N2CC2(F)CC2)c2ccccc2C3)c(F)c1. The minimum atomic E-state index is -1.30. The van der Waals surface area contributed by atoms with Crippen LogP contribution >= 0.6 is 0 Å². The second-order valence-corrected chi connectivity index (χ2v) is 11.3. The van der Waals surface area contributed by atoms with Gasteiger partial charge < -0.3 is 23.7 Å². The Bertz CT molecular complexity index is 1290. The van der Waals surface area contributed by atoms with E-state index in [1.165, 1.54) is 12.1 Å². The second-order valence-electron chi connectivity index (χ2n) is 11.3. The molecule has 0 bridgehead atoms. The zero-order valence-corrected chi connectivity index (χ0v) is 24.8. The van der Waals surface area contributed by atoms with Crippen molar-refractivity contribution in [1.82, 2.24) is 4.90 Å². The maximum Gasteiger partial charge on any atom is 0.332 e. The molecule has 234 valence electrons. The first-order chi connectivity index (χ1) is 20.8. The minimum absolute atomic E-state index is 0.0527. The van der Waals surface area contributed by atoms with Crippen molar-refractivity contribution in [3.8, 4) is 5.75 Å². The van der Waals surface area contributed by atoms with E-state index in [4.69, 9.17) is 23.7 Å². The topological polar surface area (TPSA) is 66.5 Å². The van der Waals surface area contributed by atoms with Crippen LogP contribution in [0.3, 0.4) is 0 Å². The van der Waals surface area contributed by atoms with Crippen LogP contribution in [0.1, 0.15) is 55.8 Å². The first-order valence-corrected chi connectivity index (χ1v) is 15.0. The summed E-state index contributed by atoms with van der Waals surface area (Å²) in [7, 11) is 0. The number of esters is 1. The van der Waals surface area contributed by atoms with Gasteiger partial charge in [0.1, 0.15) is 36.3 Å². The molecule has 2 aromatic rings. The molecule has 43 heavy (non-hydrogen) atoms. The molecule has 2 atom stereocenters. The summed E-state index contributed by atoms with van der Waals surface area (Å²) in [5, 5.41) is 0. The van der Waals surface area contributed by atoms with E-state index in [0.717, 1.165) is 28.7 Å². The lowest BCUT2D eigenvalue weighted by Gasteiger charge is -2.43. The summed E-state index contributed by atoms with van der Waals surface area (Å²) in [6, 6.07) is 9.73. The Hall–Kier alpha value is -2.92. The van der Waals surface area contributed by atoms with Gasteiger partial charge in [0.15, 0.2) is 0 Å². The molecule has 7 nitrogen and oxygen atoms in total. The van der Waals surface area contributed by atoms with E-state index >= 15 is 13.2 Å².